The van der Waals surface area contributed by atoms with Crippen LogP contribution in [0.25, 0.3) is 10.9 Å². The van der Waals surface area contributed by atoms with E-state index in [1.165, 1.54) is 0 Å². The van der Waals surface area contributed by atoms with Crippen molar-refractivity contribution in [3.63, 3.8) is 0 Å². The number of nitrogens with one attached hydrogen (secondary N) is 1. The highest BCUT2D eigenvalue weighted by atomic mass is 16.2. The summed E-state index contributed by atoms with van der Waals surface area (Å²) in [6.07, 6.45) is 1.78. The molecule has 17 heavy (non-hydrogen) atoms. The highest BCUT2D eigenvalue weighted by Gasteiger charge is 2.06. The predicted octanol–water partition coefficient (Wildman–Crippen LogP) is 1.21. The number of hydrogen-bond acceptors (Lipinski definition) is 2. The fourth-order valence-electron chi connectivity index (χ4n) is 1.71. The van der Waals surface area contributed by atoms with Crippen LogP contribution in [0, 0.1) is 5.41 Å². The summed E-state index contributed by atoms with van der Waals surface area (Å²) in [6.45, 7) is 0.299. The zero-order chi connectivity index (χ0) is 12.4. The van der Waals surface area contributed by atoms with Crippen LogP contribution in [0.5, 0.6) is 0 Å². The van der Waals surface area contributed by atoms with Crippen molar-refractivity contribution in [3.8, 4) is 0 Å². The second-order valence-electron chi connectivity index (χ2n) is 4.16. The van der Waals surface area contributed by atoms with Crippen LogP contribution in [0.2, 0.25) is 0 Å². The van der Waals surface area contributed by atoms with Gasteiger partial charge in [0.25, 0.3) is 0 Å². The van der Waals surface area contributed by atoms with Gasteiger partial charge in [-0.15, -0.1) is 0 Å². The van der Waals surface area contributed by atoms with E-state index in [-0.39, 0.29) is 5.91 Å². The van der Waals surface area contributed by atoms with E-state index in [0.717, 1.165) is 10.9 Å². The van der Waals surface area contributed by atoms with Crippen molar-refractivity contribution in [1.29, 1.82) is 5.41 Å². The number of rotatable bonds is 2. The summed E-state index contributed by atoms with van der Waals surface area (Å²) < 4.78 is 1.87. The Morgan fingerprint density at radius 2 is 2.00 bits per heavy atom. The maximum atomic E-state index is 11.7. The molecule has 2 aromatic rings. The molecule has 0 saturated heterocycles. The molecule has 0 aliphatic rings. The van der Waals surface area contributed by atoms with E-state index in [9.17, 15) is 4.79 Å². The second kappa shape index (κ2) is 4.41. The third kappa shape index (κ3) is 2.20. The van der Waals surface area contributed by atoms with Gasteiger partial charge in [0.05, 0.1) is 10.9 Å². The van der Waals surface area contributed by atoms with E-state index < -0.39 is 0 Å². The molecule has 0 aliphatic carbocycles. The smallest absolute Gasteiger partial charge is 0.241 e. The molecule has 1 aromatic carbocycles. The number of para-hydroxylation sites is 1. The number of carbonyl (C=O) groups is 1. The Labute approximate surface area is 99.6 Å². The number of carbonyl (C=O) groups excluding carboxylic acids is 1. The Morgan fingerprint density at radius 1 is 1.29 bits per heavy atom. The van der Waals surface area contributed by atoms with Crippen LogP contribution in [0.4, 0.5) is 0 Å². The third-order valence-electron chi connectivity index (χ3n) is 2.73. The molecule has 0 spiro atoms. The van der Waals surface area contributed by atoms with E-state index >= 15 is 0 Å². The molecule has 1 N–H and O–H groups in total. The van der Waals surface area contributed by atoms with Gasteiger partial charge < -0.3 is 14.9 Å². The quantitative estimate of drug-likeness (QED) is 0.826. The lowest BCUT2D eigenvalue weighted by atomic mass is 10.2. The van der Waals surface area contributed by atoms with Crippen molar-refractivity contribution in [2.75, 3.05) is 14.1 Å². The van der Waals surface area contributed by atoms with Crippen LogP contribution < -0.4 is 5.36 Å². The molecule has 0 saturated carbocycles. The molecule has 4 nitrogen and oxygen atoms in total. The van der Waals surface area contributed by atoms with Crippen molar-refractivity contribution in [3.05, 3.63) is 41.9 Å². The number of pyridine rings is 1. The van der Waals surface area contributed by atoms with Gasteiger partial charge in [-0.3, -0.25) is 4.79 Å². The number of nitrogens with zero attached hydrogens (tertiary/aromatic N) is 2. The van der Waals surface area contributed by atoms with Crippen molar-refractivity contribution in [2.24, 2.45) is 0 Å². The zero-order valence-electron chi connectivity index (χ0n) is 9.97. The van der Waals surface area contributed by atoms with Crippen LogP contribution in [0.15, 0.2) is 36.5 Å². The highest BCUT2D eigenvalue weighted by molar-refractivity contribution is 5.81. The Hall–Kier alpha value is -2.10. The molecule has 0 aliphatic heterocycles. The summed E-state index contributed by atoms with van der Waals surface area (Å²) in [5.74, 6) is 0.0397. The maximum Gasteiger partial charge on any atom is 0.241 e. The number of likely N-dealkylation sites (N-methyl/N-ethyl adjacent to an activating group) is 1. The van der Waals surface area contributed by atoms with Gasteiger partial charge in [-0.05, 0) is 12.1 Å². The SMILES string of the molecule is CN(C)C(=O)Cn1ccc(=N)c2ccccc21. The Bertz CT molecular complexity index is 613. The Balaban J connectivity index is 2.52. The number of fused-ring (bicyclic) bond motifs is 1. The summed E-state index contributed by atoms with van der Waals surface area (Å²) >= 11 is 0. The predicted molar refractivity (Wildman–Crippen MR) is 66.5 cm³/mol. The largest absolute Gasteiger partial charge is 0.347 e. The summed E-state index contributed by atoms with van der Waals surface area (Å²) in [7, 11) is 3.48. The molecular weight excluding hydrogens is 214 g/mol. The van der Waals surface area contributed by atoms with E-state index in [1.54, 1.807) is 31.3 Å². The summed E-state index contributed by atoms with van der Waals surface area (Å²) in [5.41, 5.74) is 0.912. The highest BCUT2D eigenvalue weighted by Crippen LogP contribution is 2.09. The average molecular weight is 229 g/mol. The molecule has 1 aromatic heterocycles. The lowest BCUT2D eigenvalue weighted by molar-refractivity contribution is -0.129. The van der Waals surface area contributed by atoms with Gasteiger partial charge in [-0.25, -0.2) is 0 Å². The molecule has 88 valence electrons. The topological polar surface area (TPSA) is 49.1 Å². The molecule has 0 fully saturated rings. The monoisotopic (exact) mass is 229 g/mol. The van der Waals surface area contributed by atoms with Crippen molar-refractivity contribution < 1.29 is 4.79 Å². The van der Waals surface area contributed by atoms with Gasteiger partial charge in [0, 0.05) is 25.7 Å². The average Bonchev–Trinajstić information content (AvgIpc) is 2.33. The third-order valence-corrected chi connectivity index (χ3v) is 2.73. The molecule has 0 radical (unpaired) electrons. The lowest BCUT2D eigenvalue weighted by Crippen LogP contribution is -2.26. The van der Waals surface area contributed by atoms with E-state index in [0.29, 0.717) is 11.9 Å². The molecular formula is C13H15N3O. The minimum Gasteiger partial charge on any atom is -0.347 e. The molecule has 2 rings (SSSR count). The van der Waals surface area contributed by atoms with Crippen LogP contribution in [0.1, 0.15) is 0 Å². The first-order chi connectivity index (χ1) is 8.09. The van der Waals surface area contributed by atoms with Crippen molar-refractivity contribution in [1.82, 2.24) is 9.47 Å². The molecule has 1 heterocycles. The lowest BCUT2D eigenvalue weighted by Gasteiger charge is -2.14. The molecule has 0 unspecified atom stereocenters. The van der Waals surface area contributed by atoms with Gasteiger partial charge >= 0.3 is 0 Å². The number of hydrogen-bond donors (Lipinski definition) is 1. The molecule has 4 heteroatoms. The summed E-state index contributed by atoms with van der Waals surface area (Å²) in [6, 6.07) is 9.35. The van der Waals surface area contributed by atoms with E-state index in [1.807, 2.05) is 28.8 Å². The minimum atomic E-state index is 0.0397. The van der Waals surface area contributed by atoms with Crippen LogP contribution in [0.3, 0.4) is 0 Å². The maximum absolute atomic E-state index is 11.7. The van der Waals surface area contributed by atoms with Gasteiger partial charge in [0.15, 0.2) is 0 Å². The fraction of sp³-hybridized carbons (Fsp3) is 0.231. The number of amides is 1. The first kappa shape index (κ1) is 11.4. The van der Waals surface area contributed by atoms with Crippen molar-refractivity contribution >= 4 is 16.8 Å². The van der Waals surface area contributed by atoms with Crippen molar-refractivity contribution in [2.45, 2.75) is 6.54 Å². The Kier molecular flexibility index (Phi) is 2.95. The van der Waals surface area contributed by atoms with Crippen LogP contribution >= 0.6 is 0 Å². The first-order valence-corrected chi connectivity index (χ1v) is 5.42. The number of aromatic nitrogens is 1. The molecule has 1 amide bonds. The summed E-state index contributed by atoms with van der Waals surface area (Å²) in [5, 5.41) is 9.16. The van der Waals surface area contributed by atoms with Gasteiger partial charge in [0.1, 0.15) is 6.54 Å². The van der Waals surface area contributed by atoms with E-state index in [2.05, 4.69) is 0 Å². The van der Waals surface area contributed by atoms with E-state index in [4.69, 9.17) is 5.41 Å². The fourth-order valence-corrected chi connectivity index (χ4v) is 1.71. The minimum absolute atomic E-state index is 0.0397. The van der Waals surface area contributed by atoms with Gasteiger partial charge in [0.2, 0.25) is 5.91 Å². The molecule has 0 atom stereocenters. The number of benzene rings is 1. The van der Waals surface area contributed by atoms with Gasteiger partial charge in [-0.1, -0.05) is 18.2 Å². The van der Waals surface area contributed by atoms with Gasteiger partial charge in [-0.2, -0.15) is 0 Å². The Morgan fingerprint density at radius 3 is 2.71 bits per heavy atom. The van der Waals surface area contributed by atoms with Crippen LogP contribution in [-0.2, 0) is 11.3 Å². The second-order valence-corrected chi connectivity index (χ2v) is 4.16. The molecule has 0 bridgehead atoms. The zero-order valence-corrected chi connectivity index (χ0v) is 9.97. The first-order valence-electron chi connectivity index (χ1n) is 5.42. The van der Waals surface area contributed by atoms with Crippen LogP contribution in [-0.4, -0.2) is 29.5 Å². The standard InChI is InChI=1S/C13H15N3O/c1-15(2)13(17)9-16-8-7-11(14)10-5-3-4-6-12(10)16/h3-8,14H,9H2,1-2H3. The summed E-state index contributed by atoms with van der Waals surface area (Å²) in [4.78, 5) is 13.3. The normalized spacial score (nSPS) is 10.5.